The van der Waals surface area contributed by atoms with Gasteiger partial charge in [0.25, 0.3) is 0 Å². The highest BCUT2D eigenvalue weighted by molar-refractivity contribution is 5.86. The minimum atomic E-state index is 0.825. The lowest BCUT2D eigenvalue weighted by atomic mass is 10.2. The number of nitrogens with zero attached hydrogens (tertiary/aromatic N) is 5. The van der Waals surface area contributed by atoms with E-state index in [0.717, 1.165) is 17.0 Å². The van der Waals surface area contributed by atoms with E-state index in [4.69, 9.17) is 0 Å². The smallest absolute Gasteiger partial charge is 0.0917 e. The van der Waals surface area contributed by atoms with Gasteiger partial charge in [-0.2, -0.15) is 10.2 Å². The third kappa shape index (κ3) is 1.79. The maximum atomic E-state index is 4.35. The molecule has 2 rings (SSSR count). The maximum absolute atomic E-state index is 4.35. The van der Waals surface area contributed by atoms with E-state index in [1.165, 1.54) is 0 Å². The van der Waals surface area contributed by atoms with Gasteiger partial charge in [-0.05, 0) is 6.92 Å². The molecular weight excluding hydrogens is 202 g/mol. The van der Waals surface area contributed by atoms with Gasteiger partial charge in [-0.15, -0.1) is 0 Å². The lowest BCUT2D eigenvalue weighted by molar-refractivity contribution is 0.526. The van der Waals surface area contributed by atoms with Gasteiger partial charge in [0.05, 0.1) is 30.0 Å². The summed E-state index contributed by atoms with van der Waals surface area (Å²) >= 11 is 0. The summed E-state index contributed by atoms with van der Waals surface area (Å²) in [6, 6.07) is 0. The van der Waals surface area contributed by atoms with Crippen LogP contribution in [0.15, 0.2) is 40.5 Å². The number of rotatable bonds is 2. The Labute approximate surface area is 94.1 Å². The largest absolute Gasteiger partial charge is 0.275 e. The molecule has 1 aromatic rings. The van der Waals surface area contributed by atoms with Crippen molar-refractivity contribution in [3.8, 4) is 0 Å². The summed E-state index contributed by atoms with van der Waals surface area (Å²) in [4.78, 5) is 4.35. The van der Waals surface area contributed by atoms with E-state index in [1.54, 1.807) is 22.1 Å². The monoisotopic (exact) mass is 215 g/mol. The Bertz CT molecular complexity index is 492. The van der Waals surface area contributed by atoms with E-state index in [2.05, 4.69) is 21.9 Å². The van der Waals surface area contributed by atoms with Crippen molar-refractivity contribution in [2.45, 2.75) is 6.92 Å². The molecule has 0 radical (unpaired) electrons. The third-order valence-corrected chi connectivity index (χ3v) is 2.29. The predicted octanol–water partition coefficient (Wildman–Crippen LogP) is 1.62. The van der Waals surface area contributed by atoms with Gasteiger partial charge in [-0.25, -0.2) is 5.01 Å². The zero-order valence-electron chi connectivity index (χ0n) is 9.33. The Balaban J connectivity index is 2.35. The maximum Gasteiger partial charge on any atom is 0.0917 e. The molecule has 0 atom stereocenters. The Morgan fingerprint density at radius 1 is 1.50 bits per heavy atom. The van der Waals surface area contributed by atoms with Crippen molar-refractivity contribution in [3.05, 3.63) is 35.9 Å². The molecule has 0 amide bonds. The molecule has 0 spiro atoms. The van der Waals surface area contributed by atoms with Crippen molar-refractivity contribution < 1.29 is 0 Å². The van der Waals surface area contributed by atoms with Crippen molar-refractivity contribution in [1.29, 1.82) is 0 Å². The molecule has 0 aromatic carbocycles. The quantitative estimate of drug-likeness (QED) is 0.704. The zero-order chi connectivity index (χ0) is 11.5. The SMILES string of the molecule is C=NN1C=C(c2cnn(C)c2)N=C/C1=C/C. The molecular formula is C11H13N5. The van der Waals surface area contributed by atoms with Crippen molar-refractivity contribution >= 4 is 18.6 Å². The van der Waals surface area contributed by atoms with Crippen LogP contribution in [-0.2, 0) is 7.05 Å². The van der Waals surface area contributed by atoms with Crippen LogP contribution in [-0.4, -0.2) is 27.7 Å². The first-order valence-corrected chi connectivity index (χ1v) is 4.91. The summed E-state index contributed by atoms with van der Waals surface area (Å²) < 4.78 is 1.74. The molecule has 5 heteroatoms. The summed E-state index contributed by atoms with van der Waals surface area (Å²) in [5.74, 6) is 0. The third-order valence-electron chi connectivity index (χ3n) is 2.29. The first-order chi connectivity index (χ1) is 7.74. The van der Waals surface area contributed by atoms with Gasteiger partial charge in [0.1, 0.15) is 0 Å². The molecule has 1 aliphatic rings. The lowest BCUT2D eigenvalue weighted by Crippen LogP contribution is -2.13. The van der Waals surface area contributed by atoms with E-state index in [-0.39, 0.29) is 0 Å². The summed E-state index contributed by atoms with van der Waals surface area (Å²) in [7, 11) is 1.87. The van der Waals surface area contributed by atoms with Crippen molar-refractivity contribution in [3.63, 3.8) is 0 Å². The van der Waals surface area contributed by atoms with Gasteiger partial charge in [0.15, 0.2) is 0 Å². The number of hydrogen-bond acceptors (Lipinski definition) is 4. The highest BCUT2D eigenvalue weighted by Gasteiger charge is 2.12. The van der Waals surface area contributed by atoms with Crippen LogP contribution in [0.1, 0.15) is 12.5 Å². The Morgan fingerprint density at radius 3 is 2.88 bits per heavy atom. The number of hydrogen-bond donors (Lipinski definition) is 0. The van der Waals surface area contributed by atoms with Crippen molar-refractivity contribution in [1.82, 2.24) is 14.8 Å². The molecule has 82 valence electrons. The minimum Gasteiger partial charge on any atom is -0.275 e. The van der Waals surface area contributed by atoms with Crippen molar-refractivity contribution in [2.75, 3.05) is 0 Å². The molecule has 0 saturated carbocycles. The van der Waals surface area contributed by atoms with Crippen molar-refractivity contribution in [2.24, 2.45) is 17.1 Å². The van der Waals surface area contributed by atoms with Crippen LogP contribution in [0.4, 0.5) is 0 Å². The lowest BCUT2D eigenvalue weighted by Gasteiger charge is -2.18. The zero-order valence-corrected chi connectivity index (χ0v) is 9.33. The summed E-state index contributed by atoms with van der Waals surface area (Å²) in [5.41, 5.74) is 2.69. The fourth-order valence-electron chi connectivity index (χ4n) is 1.45. The summed E-state index contributed by atoms with van der Waals surface area (Å²) in [6.07, 6.45) is 9.20. The van der Waals surface area contributed by atoms with Gasteiger partial charge >= 0.3 is 0 Å². The minimum absolute atomic E-state index is 0.825. The van der Waals surface area contributed by atoms with Gasteiger partial charge in [0, 0.05) is 25.5 Å². The molecule has 0 aliphatic carbocycles. The van der Waals surface area contributed by atoms with Crippen LogP contribution in [0.25, 0.3) is 5.70 Å². The first-order valence-electron chi connectivity index (χ1n) is 4.91. The summed E-state index contributed by atoms with van der Waals surface area (Å²) in [5, 5.41) is 9.70. The summed E-state index contributed by atoms with van der Waals surface area (Å²) in [6.45, 7) is 5.46. The second-order valence-electron chi connectivity index (χ2n) is 3.37. The van der Waals surface area contributed by atoms with E-state index in [1.807, 2.05) is 32.4 Å². The van der Waals surface area contributed by atoms with E-state index in [9.17, 15) is 0 Å². The molecule has 1 aromatic heterocycles. The van der Waals surface area contributed by atoms with Crippen LogP contribution in [0.5, 0.6) is 0 Å². The Morgan fingerprint density at radius 2 is 2.31 bits per heavy atom. The molecule has 5 nitrogen and oxygen atoms in total. The fourth-order valence-corrected chi connectivity index (χ4v) is 1.45. The first kappa shape index (κ1) is 10.4. The average molecular weight is 215 g/mol. The van der Waals surface area contributed by atoms with Crippen LogP contribution in [0.2, 0.25) is 0 Å². The molecule has 16 heavy (non-hydrogen) atoms. The van der Waals surface area contributed by atoms with Gasteiger partial charge in [-0.3, -0.25) is 9.67 Å². The number of aromatic nitrogens is 2. The van der Waals surface area contributed by atoms with E-state index < -0.39 is 0 Å². The van der Waals surface area contributed by atoms with E-state index in [0.29, 0.717) is 0 Å². The normalized spacial score (nSPS) is 17.8. The molecule has 2 heterocycles. The van der Waals surface area contributed by atoms with E-state index >= 15 is 0 Å². The fraction of sp³-hybridized carbons (Fsp3) is 0.182. The molecule has 0 saturated heterocycles. The second kappa shape index (κ2) is 4.14. The molecule has 1 aliphatic heterocycles. The predicted molar refractivity (Wildman–Crippen MR) is 64.8 cm³/mol. The van der Waals surface area contributed by atoms with Crippen LogP contribution >= 0.6 is 0 Å². The highest BCUT2D eigenvalue weighted by Crippen LogP contribution is 2.21. The topological polar surface area (TPSA) is 45.8 Å². The van der Waals surface area contributed by atoms with Crippen LogP contribution < -0.4 is 0 Å². The number of aliphatic imine (C=N–C) groups is 1. The van der Waals surface area contributed by atoms with Crippen LogP contribution in [0.3, 0.4) is 0 Å². The Kier molecular flexibility index (Phi) is 2.68. The second-order valence-corrected chi connectivity index (χ2v) is 3.37. The van der Waals surface area contributed by atoms with Gasteiger partial charge < -0.3 is 0 Å². The molecule has 0 fully saturated rings. The number of aryl methyl sites for hydroxylation is 1. The number of allylic oxidation sites excluding steroid dienone is 2. The standard InChI is InChI=1S/C11H13N5/c1-4-10-6-13-11(8-16(10)12-2)9-5-14-15(3)7-9/h4-8H,2H2,1,3H3/b10-4-. The average Bonchev–Trinajstić information content (AvgIpc) is 2.75. The Hall–Kier alpha value is -2.17. The molecule has 0 unspecified atom stereocenters. The number of hydrazone groups is 1. The van der Waals surface area contributed by atoms with Crippen LogP contribution in [0, 0.1) is 0 Å². The molecule has 0 N–H and O–H groups in total. The highest BCUT2D eigenvalue weighted by atomic mass is 15.4. The molecule has 0 bridgehead atoms. The van der Waals surface area contributed by atoms with Gasteiger partial charge in [-0.1, -0.05) is 6.08 Å². The van der Waals surface area contributed by atoms with Gasteiger partial charge in [0.2, 0.25) is 0 Å².